The molecule has 1 aliphatic rings. The molecule has 1 aliphatic carbocycles. The van der Waals surface area contributed by atoms with Gasteiger partial charge in [-0.15, -0.1) is 11.3 Å². The molecular formula is C14H13Br2NS. The van der Waals surface area contributed by atoms with Crippen LogP contribution in [0.1, 0.15) is 29.3 Å². The highest BCUT2D eigenvalue weighted by Gasteiger charge is 2.22. The van der Waals surface area contributed by atoms with Gasteiger partial charge in [-0.05, 0) is 80.3 Å². The molecule has 0 bridgehead atoms. The summed E-state index contributed by atoms with van der Waals surface area (Å²) in [6.45, 7) is 0. The van der Waals surface area contributed by atoms with Crippen molar-refractivity contribution in [3.63, 3.8) is 0 Å². The van der Waals surface area contributed by atoms with Gasteiger partial charge >= 0.3 is 0 Å². The molecule has 1 nitrogen and oxygen atoms in total. The molecule has 1 aromatic heterocycles. The van der Waals surface area contributed by atoms with Gasteiger partial charge in [-0.2, -0.15) is 0 Å². The van der Waals surface area contributed by atoms with Crippen molar-refractivity contribution >= 4 is 48.9 Å². The Hall–Kier alpha value is -0.320. The number of anilines is 1. The zero-order valence-corrected chi connectivity index (χ0v) is 13.7. The quantitative estimate of drug-likeness (QED) is 0.691. The van der Waals surface area contributed by atoms with Crippen LogP contribution >= 0.6 is 43.2 Å². The zero-order chi connectivity index (χ0) is 12.5. The number of hydrogen-bond acceptors (Lipinski definition) is 2. The lowest BCUT2D eigenvalue weighted by atomic mass is 9.94. The molecule has 0 saturated carbocycles. The normalized spacial score (nSPS) is 18.4. The van der Waals surface area contributed by atoms with Crippen LogP contribution in [0.3, 0.4) is 0 Å². The molecule has 1 heterocycles. The molecule has 0 fully saturated rings. The predicted molar refractivity (Wildman–Crippen MR) is 85.5 cm³/mol. The fraction of sp³-hybridized carbons (Fsp3) is 0.286. The Balaban J connectivity index is 1.91. The van der Waals surface area contributed by atoms with Gasteiger partial charge in [0.25, 0.3) is 0 Å². The van der Waals surface area contributed by atoms with Crippen molar-refractivity contribution in [1.29, 1.82) is 0 Å². The maximum absolute atomic E-state index is 3.67. The van der Waals surface area contributed by atoms with Crippen LogP contribution in [0, 0.1) is 0 Å². The summed E-state index contributed by atoms with van der Waals surface area (Å²) in [6, 6.07) is 8.89. The van der Waals surface area contributed by atoms with Crippen molar-refractivity contribution in [2.75, 3.05) is 5.32 Å². The fourth-order valence-electron chi connectivity index (χ4n) is 2.45. The van der Waals surface area contributed by atoms with Crippen LogP contribution in [0.2, 0.25) is 0 Å². The second-order valence-corrected chi connectivity index (χ2v) is 7.19. The zero-order valence-electron chi connectivity index (χ0n) is 9.75. The minimum atomic E-state index is 0.440. The SMILES string of the molecule is Brc1cccc(Br)c1NC1CCCc2sccc21. The number of para-hydroxylation sites is 1. The molecule has 1 unspecified atom stereocenters. The van der Waals surface area contributed by atoms with Gasteiger partial charge in [0.2, 0.25) is 0 Å². The number of benzene rings is 1. The van der Waals surface area contributed by atoms with E-state index in [9.17, 15) is 0 Å². The highest BCUT2D eigenvalue weighted by molar-refractivity contribution is 9.11. The molecule has 0 amide bonds. The molecule has 1 aromatic carbocycles. The molecule has 0 radical (unpaired) electrons. The summed E-state index contributed by atoms with van der Waals surface area (Å²) in [6.07, 6.45) is 3.72. The van der Waals surface area contributed by atoms with Crippen LogP contribution < -0.4 is 5.32 Å². The van der Waals surface area contributed by atoms with E-state index < -0.39 is 0 Å². The summed E-state index contributed by atoms with van der Waals surface area (Å²) in [5, 5.41) is 5.88. The Morgan fingerprint density at radius 3 is 2.72 bits per heavy atom. The van der Waals surface area contributed by atoms with Gasteiger partial charge in [0.05, 0.1) is 11.7 Å². The Morgan fingerprint density at radius 1 is 1.17 bits per heavy atom. The number of aryl methyl sites for hydroxylation is 1. The highest BCUT2D eigenvalue weighted by atomic mass is 79.9. The Labute approximate surface area is 128 Å². The molecule has 0 spiro atoms. The van der Waals surface area contributed by atoms with E-state index in [-0.39, 0.29) is 0 Å². The minimum absolute atomic E-state index is 0.440. The molecule has 0 saturated heterocycles. The van der Waals surface area contributed by atoms with E-state index in [1.54, 1.807) is 4.88 Å². The second kappa shape index (κ2) is 5.35. The first-order valence-corrected chi connectivity index (χ1v) is 8.49. The molecule has 18 heavy (non-hydrogen) atoms. The molecule has 0 aliphatic heterocycles. The lowest BCUT2D eigenvalue weighted by molar-refractivity contribution is 0.608. The van der Waals surface area contributed by atoms with Crippen LogP contribution in [0.15, 0.2) is 38.6 Å². The van der Waals surface area contributed by atoms with Gasteiger partial charge in [-0.3, -0.25) is 0 Å². The summed E-state index contributed by atoms with van der Waals surface area (Å²) in [4.78, 5) is 1.54. The number of thiophene rings is 1. The van der Waals surface area contributed by atoms with Gasteiger partial charge in [-0.1, -0.05) is 6.07 Å². The van der Waals surface area contributed by atoms with Gasteiger partial charge in [0.1, 0.15) is 0 Å². The van der Waals surface area contributed by atoms with E-state index >= 15 is 0 Å². The summed E-state index contributed by atoms with van der Waals surface area (Å²) in [7, 11) is 0. The summed E-state index contributed by atoms with van der Waals surface area (Å²) >= 11 is 9.11. The highest BCUT2D eigenvalue weighted by Crippen LogP contribution is 2.39. The molecular weight excluding hydrogens is 374 g/mol. The maximum Gasteiger partial charge on any atom is 0.0633 e. The topological polar surface area (TPSA) is 12.0 Å². The van der Waals surface area contributed by atoms with E-state index in [2.05, 4.69) is 60.8 Å². The van der Waals surface area contributed by atoms with Gasteiger partial charge < -0.3 is 5.32 Å². The second-order valence-electron chi connectivity index (χ2n) is 4.48. The first-order valence-electron chi connectivity index (χ1n) is 6.02. The standard InChI is InChI=1S/C14H13Br2NS/c15-10-3-1-4-11(16)14(10)17-12-5-2-6-13-9(12)7-8-18-13/h1,3-4,7-8,12,17H,2,5-6H2. The van der Waals surface area contributed by atoms with E-state index in [4.69, 9.17) is 0 Å². The number of halogens is 2. The van der Waals surface area contributed by atoms with Crippen molar-refractivity contribution in [2.45, 2.75) is 25.3 Å². The maximum atomic E-state index is 3.67. The average Bonchev–Trinajstić information content (AvgIpc) is 2.83. The van der Waals surface area contributed by atoms with Crippen LogP contribution in [0.4, 0.5) is 5.69 Å². The molecule has 4 heteroatoms. The molecule has 1 atom stereocenters. The van der Waals surface area contributed by atoms with Crippen molar-refractivity contribution < 1.29 is 0 Å². The van der Waals surface area contributed by atoms with Gasteiger partial charge in [0, 0.05) is 13.8 Å². The number of nitrogens with one attached hydrogen (secondary N) is 1. The van der Waals surface area contributed by atoms with Crippen molar-refractivity contribution in [3.05, 3.63) is 49.0 Å². The smallest absolute Gasteiger partial charge is 0.0633 e. The van der Waals surface area contributed by atoms with Gasteiger partial charge in [0.15, 0.2) is 0 Å². The molecule has 1 N–H and O–H groups in total. The predicted octanol–water partition coefficient (Wildman–Crippen LogP) is 5.76. The van der Waals surface area contributed by atoms with Gasteiger partial charge in [-0.25, -0.2) is 0 Å². The largest absolute Gasteiger partial charge is 0.376 e. The number of hydrogen-bond donors (Lipinski definition) is 1. The van der Waals surface area contributed by atoms with Crippen molar-refractivity contribution in [3.8, 4) is 0 Å². The van der Waals surface area contributed by atoms with E-state index in [0.717, 1.165) is 14.6 Å². The third-order valence-electron chi connectivity index (χ3n) is 3.33. The Morgan fingerprint density at radius 2 is 1.94 bits per heavy atom. The molecule has 3 rings (SSSR count). The first kappa shape index (κ1) is 12.7. The number of fused-ring (bicyclic) bond motifs is 1. The molecule has 94 valence electrons. The Bertz CT molecular complexity index is 544. The van der Waals surface area contributed by atoms with E-state index in [1.165, 1.54) is 24.8 Å². The summed E-state index contributed by atoms with van der Waals surface area (Å²) in [5.74, 6) is 0. The van der Waals surface area contributed by atoms with Crippen molar-refractivity contribution in [1.82, 2.24) is 0 Å². The van der Waals surface area contributed by atoms with Crippen LogP contribution in [0.5, 0.6) is 0 Å². The van der Waals surface area contributed by atoms with Crippen LogP contribution in [0.25, 0.3) is 0 Å². The number of rotatable bonds is 2. The van der Waals surface area contributed by atoms with E-state index in [0.29, 0.717) is 6.04 Å². The first-order chi connectivity index (χ1) is 8.75. The minimum Gasteiger partial charge on any atom is -0.376 e. The lowest BCUT2D eigenvalue weighted by Gasteiger charge is -2.25. The third kappa shape index (κ3) is 2.38. The lowest BCUT2D eigenvalue weighted by Crippen LogP contribution is -2.16. The monoisotopic (exact) mass is 385 g/mol. The average molecular weight is 387 g/mol. The van der Waals surface area contributed by atoms with Crippen LogP contribution in [-0.4, -0.2) is 0 Å². The summed E-state index contributed by atoms with van der Waals surface area (Å²) < 4.78 is 2.22. The Kier molecular flexibility index (Phi) is 3.78. The van der Waals surface area contributed by atoms with Crippen LogP contribution in [-0.2, 0) is 6.42 Å². The molecule has 2 aromatic rings. The van der Waals surface area contributed by atoms with E-state index in [1.807, 2.05) is 17.4 Å². The fourth-order valence-corrected chi connectivity index (χ4v) is 4.66. The third-order valence-corrected chi connectivity index (χ3v) is 5.65. The van der Waals surface area contributed by atoms with Crippen molar-refractivity contribution in [2.24, 2.45) is 0 Å². The summed E-state index contributed by atoms with van der Waals surface area (Å²) in [5.41, 5.74) is 2.63.